The minimum atomic E-state index is -0.196. The van der Waals surface area contributed by atoms with E-state index in [9.17, 15) is 4.79 Å². The Balaban J connectivity index is 2.35. The molecule has 2 rings (SSSR count). The molecule has 0 aliphatic carbocycles. The van der Waals surface area contributed by atoms with Crippen molar-refractivity contribution >= 4 is 11.5 Å². The second-order valence-corrected chi connectivity index (χ2v) is 3.97. The molecule has 0 aromatic heterocycles. The molecule has 3 nitrogen and oxygen atoms in total. The van der Waals surface area contributed by atoms with Crippen molar-refractivity contribution in [3.8, 4) is 0 Å². The number of rotatable bonds is 3. The van der Waals surface area contributed by atoms with Gasteiger partial charge in [-0.2, -0.15) is 0 Å². The van der Waals surface area contributed by atoms with Gasteiger partial charge in [0.05, 0.1) is 12.2 Å². The van der Waals surface area contributed by atoms with Crippen molar-refractivity contribution in [1.29, 1.82) is 0 Å². The first-order valence-corrected chi connectivity index (χ1v) is 5.98. The van der Waals surface area contributed by atoms with Crippen molar-refractivity contribution in [3.63, 3.8) is 0 Å². The molecule has 1 aliphatic heterocycles. The van der Waals surface area contributed by atoms with Crippen LogP contribution in [0.25, 0.3) is 5.57 Å². The average Bonchev–Trinajstić information content (AvgIpc) is 2.40. The van der Waals surface area contributed by atoms with Crippen LogP contribution in [0.5, 0.6) is 0 Å². The van der Waals surface area contributed by atoms with E-state index in [1.165, 1.54) is 0 Å². The first-order valence-electron chi connectivity index (χ1n) is 5.98. The minimum Gasteiger partial charge on any atom is -0.463 e. The van der Waals surface area contributed by atoms with Crippen LogP contribution in [0.2, 0.25) is 0 Å². The summed E-state index contributed by atoms with van der Waals surface area (Å²) in [5, 5.41) is 3.22. The molecule has 0 fully saturated rings. The summed E-state index contributed by atoms with van der Waals surface area (Å²) >= 11 is 0. The molecule has 0 radical (unpaired) electrons. The van der Waals surface area contributed by atoms with Crippen LogP contribution < -0.4 is 5.32 Å². The van der Waals surface area contributed by atoms with Crippen molar-refractivity contribution in [2.75, 3.05) is 19.7 Å². The fraction of sp³-hybridized carbons (Fsp3) is 0.357. The number of hydrogen-bond acceptors (Lipinski definition) is 3. The summed E-state index contributed by atoms with van der Waals surface area (Å²) in [5.41, 5.74) is 3.00. The second-order valence-electron chi connectivity index (χ2n) is 3.97. The Bertz CT molecular complexity index is 423. The molecule has 0 unspecified atom stereocenters. The van der Waals surface area contributed by atoms with Gasteiger partial charge in [0.25, 0.3) is 0 Å². The van der Waals surface area contributed by atoms with Gasteiger partial charge in [-0.15, -0.1) is 0 Å². The van der Waals surface area contributed by atoms with E-state index in [0.29, 0.717) is 13.2 Å². The highest BCUT2D eigenvalue weighted by molar-refractivity contribution is 5.98. The number of carbonyl (C=O) groups is 1. The third-order valence-electron chi connectivity index (χ3n) is 2.86. The van der Waals surface area contributed by atoms with E-state index >= 15 is 0 Å². The smallest absolute Gasteiger partial charge is 0.335 e. The maximum Gasteiger partial charge on any atom is 0.335 e. The molecule has 0 saturated heterocycles. The lowest BCUT2D eigenvalue weighted by atomic mass is 9.94. The zero-order valence-corrected chi connectivity index (χ0v) is 10.0. The normalized spacial score (nSPS) is 15.8. The van der Waals surface area contributed by atoms with E-state index in [1.54, 1.807) is 0 Å². The molecule has 0 amide bonds. The Hall–Kier alpha value is -1.61. The van der Waals surface area contributed by atoms with Gasteiger partial charge in [0.1, 0.15) is 0 Å². The number of esters is 1. The van der Waals surface area contributed by atoms with Crippen LogP contribution in [0.1, 0.15) is 18.9 Å². The third-order valence-corrected chi connectivity index (χ3v) is 2.86. The summed E-state index contributed by atoms with van der Waals surface area (Å²) in [4.78, 5) is 11.9. The van der Waals surface area contributed by atoms with Gasteiger partial charge in [-0.25, -0.2) is 4.79 Å². The highest BCUT2D eigenvalue weighted by Gasteiger charge is 2.20. The molecule has 1 aromatic rings. The summed E-state index contributed by atoms with van der Waals surface area (Å²) in [7, 11) is 0. The molecule has 1 heterocycles. The van der Waals surface area contributed by atoms with Crippen LogP contribution in [0.15, 0.2) is 35.9 Å². The maximum atomic E-state index is 11.9. The van der Waals surface area contributed by atoms with E-state index in [-0.39, 0.29) is 5.97 Å². The van der Waals surface area contributed by atoms with Crippen molar-refractivity contribution < 1.29 is 9.53 Å². The lowest BCUT2D eigenvalue weighted by Gasteiger charge is -2.20. The molecule has 90 valence electrons. The monoisotopic (exact) mass is 231 g/mol. The SMILES string of the molecule is CCOC(=O)C1=C(c2ccccc2)CCNC1. The Kier molecular flexibility index (Phi) is 3.94. The fourth-order valence-corrected chi connectivity index (χ4v) is 2.06. The molecular weight excluding hydrogens is 214 g/mol. The molecule has 0 atom stereocenters. The predicted octanol–water partition coefficient (Wildman–Crippen LogP) is 2.00. The molecule has 1 aliphatic rings. The summed E-state index contributed by atoms with van der Waals surface area (Å²) < 4.78 is 5.10. The summed E-state index contributed by atoms with van der Waals surface area (Å²) in [5.74, 6) is -0.196. The molecule has 0 bridgehead atoms. The van der Waals surface area contributed by atoms with Crippen molar-refractivity contribution in [2.24, 2.45) is 0 Å². The molecule has 17 heavy (non-hydrogen) atoms. The van der Waals surface area contributed by atoms with Crippen LogP contribution in [-0.4, -0.2) is 25.7 Å². The van der Waals surface area contributed by atoms with Gasteiger partial charge < -0.3 is 10.1 Å². The summed E-state index contributed by atoms with van der Waals surface area (Å²) in [6, 6.07) is 10.1. The van der Waals surface area contributed by atoms with Crippen LogP contribution in [-0.2, 0) is 9.53 Å². The number of carbonyl (C=O) groups excluding carboxylic acids is 1. The van der Waals surface area contributed by atoms with Crippen molar-refractivity contribution in [2.45, 2.75) is 13.3 Å². The summed E-state index contributed by atoms with van der Waals surface area (Å²) in [6.07, 6.45) is 0.873. The number of nitrogens with one attached hydrogen (secondary N) is 1. The van der Waals surface area contributed by atoms with E-state index in [0.717, 1.165) is 29.7 Å². The van der Waals surface area contributed by atoms with Gasteiger partial charge in [0.2, 0.25) is 0 Å². The molecule has 3 heteroatoms. The zero-order valence-electron chi connectivity index (χ0n) is 10.0. The van der Waals surface area contributed by atoms with Crippen molar-refractivity contribution in [3.05, 3.63) is 41.5 Å². The highest BCUT2D eigenvalue weighted by atomic mass is 16.5. The van der Waals surface area contributed by atoms with Crippen LogP contribution in [0.4, 0.5) is 0 Å². The first kappa shape index (κ1) is 11.9. The highest BCUT2D eigenvalue weighted by Crippen LogP contribution is 2.24. The van der Waals surface area contributed by atoms with Crippen LogP contribution in [0.3, 0.4) is 0 Å². The maximum absolute atomic E-state index is 11.9. The zero-order chi connectivity index (χ0) is 12.1. The number of ether oxygens (including phenoxy) is 1. The van der Waals surface area contributed by atoms with Gasteiger partial charge in [-0.3, -0.25) is 0 Å². The van der Waals surface area contributed by atoms with Gasteiger partial charge >= 0.3 is 5.97 Å². The lowest BCUT2D eigenvalue weighted by molar-refractivity contribution is -0.138. The largest absolute Gasteiger partial charge is 0.463 e. The van der Waals surface area contributed by atoms with Gasteiger partial charge in [0.15, 0.2) is 0 Å². The fourth-order valence-electron chi connectivity index (χ4n) is 2.06. The second kappa shape index (κ2) is 5.64. The summed E-state index contributed by atoms with van der Waals surface area (Å²) in [6.45, 7) is 3.76. The van der Waals surface area contributed by atoms with Crippen LogP contribution >= 0.6 is 0 Å². The van der Waals surface area contributed by atoms with E-state index < -0.39 is 0 Å². The van der Waals surface area contributed by atoms with Gasteiger partial charge in [0, 0.05) is 6.54 Å². The van der Waals surface area contributed by atoms with E-state index in [4.69, 9.17) is 4.74 Å². The minimum absolute atomic E-state index is 0.196. The first-order chi connectivity index (χ1) is 8.33. The Labute approximate surface area is 101 Å². The number of hydrogen-bond donors (Lipinski definition) is 1. The predicted molar refractivity (Wildman–Crippen MR) is 67.5 cm³/mol. The van der Waals surface area contributed by atoms with Gasteiger partial charge in [-0.1, -0.05) is 30.3 Å². The van der Waals surface area contributed by atoms with Gasteiger partial charge in [-0.05, 0) is 31.0 Å². The molecule has 0 saturated carbocycles. The molecule has 1 N–H and O–H groups in total. The Morgan fingerprint density at radius 3 is 2.82 bits per heavy atom. The Morgan fingerprint density at radius 2 is 2.12 bits per heavy atom. The topological polar surface area (TPSA) is 38.3 Å². The quantitative estimate of drug-likeness (QED) is 0.809. The van der Waals surface area contributed by atoms with Crippen LogP contribution in [0, 0.1) is 0 Å². The Morgan fingerprint density at radius 1 is 1.35 bits per heavy atom. The number of benzene rings is 1. The van der Waals surface area contributed by atoms with Crippen molar-refractivity contribution in [1.82, 2.24) is 5.32 Å². The van der Waals surface area contributed by atoms with E-state index in [1.807, 2.05) is 37.3 Å². The molecule has 1 aromatic carbocycles. The standard InChI is InChI=1S/C14H17NO2/c1-2-17-14(16)13-10-15-9-8-12(13)11-6-4-3-5-7-11/h3-7,15H,2,8-10H2,1H3. The lowest BCUT2D eigenvalue weighted by Crippen LogP contribution is -2.29. The average molecular weight is 231 g/mol. The third kappa shape index (κ3) is 2.74. The van der Waals surface area contributed by atoms with E-state index in [2.05, 4.69) is 5.32 Å². The molecule has 0 spiro atoms. The molecular formula is C14H17NO2.